The van der Waals surface area contributed by atoms with E-state index in [4.69, 9.17) is 0 Å². The number of carbonyl (C=O) groups excluding carboxylic acids is 2. The molecule has 0 atom stereocenters. The van der Waals surface area contributed by atoms with Gasteiger partial charge in [0.1, 0.15) is 11.6 Å². The van der Waals surface area contributed by atoms with Crippen LogP contribution >= 0.6 is 22.6 Å². The van der Waals surface area contributed by atoms with E-state index in [1.54, 1.807) is 15.9 Å². The first-order valence-electron chi connectivity index (χ1n) is 8.71. The molecule has 1 aliphatic heterocycles. The summed E-state index contributed by atoms with van der Waals surface area (Å²) in [6.07, 6.45) is 0.273. The highest BCUT2D eigenvalue weighted by molar-refractivity contribution is 14.1. The van der Waals surface area contributed by atoms with Crippen molar-refractivity contribution in [3.8, 4) is 0 Å². The van der Waals surface area contributed by atoms with Gasteiger partial charge in [0.05, 0.1) is 5.56 Å². The van der Waals surface area contributed by atoms with E-state index in [1.165, 1.54) is 0 Å². The minimum Gasteiger partial charge on any atom is -0.339 e. The van der Waals surface area contributed by atoms with Gasteiger partial charge in [-0.15, -0.1) is 0 Å². The van der Waals surface area contributed by atoms with Gasteiger partial charge < -0.3 is 9.80 Å². The van der Waals surface area contributed by atoms with Crippen LogP contribution in [0.2, 0.25) is 0 Å². The quantitative estimate of drug-likeness (QED) is 0.624. The van der Waals surface area contributed by atoms with Crippen LogP contribution in [0.5, 0.6) is 0 Å². The minimum absolute atomic E-state index is 0.0334. The second kappa shape index (κ2) is 8.77. The maximum atomic E-state index is 13.7. The fourth-order valence-electron chi connectivity index (χ4n) is 3.10. The lowest BCUT2D eigenvalue weighted by Crippen LogP contribution is -2.50. The molecule has 1 saturated heterocycles. The summed E-state index contributed by atoms with van der Waals surface area (Å²) in [7, 11) is 0. The molecule has 0 saturated carbocycles. The molecule has 0 aromatic heterocycles. The average Bonchev–Trinajstić information content (AvgIpc) is 2.68. The van der Waals surface area contributed by atoms with E-state index in [0.29, 0.717) is 31.7 Å². The molecule has 0 radical (unpaired) electrons. The van der Waals surface area contributed by atoms with E-state index in [-0.39, 0.29) is 30.2 Å². The summed E-state index contributed by atoms with van der Waals surface area (Å²) in [6, 6.07) is 10.7. The number of hydrogen-bond acceptors (Lipinski definition) is 2. The Hall–Kier alpha value is -2.03. The van der Waals surface area contributed by atoms with Gasteiger partial charge in [0, 0.05) is 36.2 Å². The largest absolute Gasteiger partial charge is 0.339 e. The molecule has 0 unspecified atom stereocenters. The number of aryl methyl sites for hydroxylation is 1. The van der Waals surface area contributed by atoms with Crippen molar-refractivity contribution in [1.82, 2.24) is 9.80 Å². The van der Waals surface area contributed by atoms with Gasteiger partial charge in [0.25, 0.3) is 5.91 Å². The minimum atomic E-state index is -0.512. The van der Waals surface area contributed by atoms with Crippen LogP contribution in [-0.4, -0.2) is 47.8 Å². The van der Waals surface area contributed by atoms with Gasteiger partial charge in [-0.3, -0.25) is 9.59 Å². The van der Waals surface area contributed by atoms with Crippen molar-refractivity contribution in [3.05, 3.63) is 68.8 Å². The molecule has 2 aromatic rings. The Morgan fingerprint density at radius 2 is 1.63 bits per heavy atom. The van der Waals surface area contributed by atoms with Crippen molar-refractivity contribution in [2.75, 3.05) is 26.2 Å². The monoisotopic (exact) mass is 484 g/mol. The van der Waals surface area contributed by atoms with Crippen LogP contribution in [0.3, 0.4) is 0 Å². The summed E-state index contributed by atoms with van der Waals surface area (Å²) in [5, 5.41) is 0. The summed E-state index contributed by atoms with van der Waals surface area (Å²) < 4.78 is 27.8. The SMILES string of the molecule is O=C(CCc1cc(F)ccc1F)N1CCN(C(=O)c2ccccc2I)CC1. The Bertz CT molecular complexity index is 852. The first-order valence-corrected chi connectivity index (χ1v) is 9.79. The van der Waals surface area contributed by atoms with Crippen molar-refractivity contribution < 1.29 is 18.4 Å². The molecule has 2 aromatic carbocycles. The smallest absolute Gasteiger partial charge is 0.255 e. The number of amides is 2. The van der Waals surface area contributed by atoms with Crippen molar-refractivity contribution >= 4 is 34.4 Å². The molecular weight excluding hydrogens is 465 g/mol. The zero-order valence-corrected chi connectivity index (χ0v) is 16.8. The Kier molecular flexibility index (Phi) is 6.41. The van der Waals surface area contributed by atoms with Crippen LogP contribution in [0.1, 0.15) is 22.3 Å². The van der Waals surface area contributed by atoms with Gasteiger partial charge in [0.15, 0.2) is 0 Å². The van der Waals surface area contributed by atoms with Gasteiger partial charge >= 0.3 is 0 Å². The predicted molar refractivity (Wildman–Crippen MR) is 106 cm³/mol. The molecule has 3 rings (SSSR count). The molecule has 27 heavy (non-hydrogen) atoms. The molecule has 1 fully saturated rings. The Balaban J connectivity index is 1.53. The van der Waals surface area contributed by atoms with E-state index in [1.807, 2.05) is 18.2 Å². The van der Waals surface area contributed by atoms with Crippen LogP contribution in [-0.2, 0) is 11.2 Å². The van der Waals surface area contributed by atoms with E-state index in [0.717, 1.165) is 21.8 Å². The molecule has 4 nitrogen and oxygen atoms in total. The second-order valence-corrected chi connectivity index (χ2v) is 7.55. The summed E-state index contributed by atoms with van der Waals surface area (Å²) in [6.45, 7) is 1.81. The second-order valence-electron chi connectivity index (χ2n) is 6.39. The number of carbonyl (C=O) groups is 2. The number of halogens is 3. The van der Waals surface area contributed by atoms with Gasteiger partial charge in [-0.25, -0.2) is 8.78 Å². The predicted octanol–water partition coefficient (Wildman–Crippen LogP) is 3.49. The van der Waals surface area contributed by atoms with Crippen molar-refractivity contribution in [2.45, 2.75) is 12.8 Å². The molecule has 0 aliphatic carbocycles. The normalized spacial score (nSPS) is 14.3. The zero-order valence-electron chi connectivity index (χ0n) is 14.6. The first-order chi connectivity index (χ1) is 13.0. The summed E-state index contributed by atoms with van der Waals surface area (Å²) in [5.74, 6) is -1.16. The Labute approximate surface area is 170 Å². The first kappa shape index (κ1) is 19.7. The summed E-state index contributed by atoms with van der Waals surface area (Å²) in [5.41, 5.74) is 0.871. The van der Waals surface area contributed by atoms with Crippen LogP contribution in [0, 0.1) is 15.2 Å². The van der Waals surface area contributed by atoms with Gasteiger partial charge in [-0.2, -0.15) is 0 Å². The third-order valence-corrected chi connectivity index (χ3v) is 5.58. The summed E-state index contributed by atoms with van der Waals surface area (Å²) in [4.78, 5) is 28.4. The van der Waals surface area contributed by atoms with Crippen molar-refractivity contribution in [3.63, 3.8) is 0 Å². The van der Waals surface area contributed by atoms with E-state index in [2.05, 4.69) is 22.6 Å². The van der Waals surface area contributed by atoms with E-state index >= 15 is 0 Å². The number of piperazine rings is 1. The molecule has 0 spiro atoms. The Morgan fingerprint density at radius 3 is 2.33 bits per heavy atom. The molecule has 0 N–H and O–H groups in total. The third kappa shape index (κ3) is 4.82. The van der Waals surface area contributed by atoms with Crippen LogP contribution < -0.4 is 0 Å². The lowest BCUT2D eigenvalue weighted by molar-refractivity contribution is -0.132. The van der Waals surface area contributed by atoms with E-state index in [9.17, 15) is 18.4 Å². The van der Waals surface area contributed by atoms with Crippen LogP contribution in [0.4, 0.5) is 8.78 Å². The van der Waals surface area contributed by atoms with Crippen LogP contribution in [0.25, 0.3) is 0 Å². The number of rotatable bonds is 4. The highest BCUT2D eigenvalue weighted by Gasteiger charge is 2.25. The number of benzene rings is 2. The molecule has 142 valence electrons. The molecule has 0 bridgehead atoms. The topological polar surface area (TPSA) is 40.6 Å². The fourth-order valence-corrected chi connectivity index (χ4v) is 3.72. The molecule has 1 aliphatic rings. The number of hydrogen-bond donors (Lipinski definition) is 0. The van der Waals surface area contributed by atoms with Gasteiger partial charge in [-0.1, -0.05) is 12.1 Å². The molecule has 1 heterocycles. The maximum Gasteiger partial charge on any atom is 0.255 e. The lowest BCUT2D eigenvalue weighted by atomic mass is 10.1. The third-order valence-electron chi connectivity index (χ3n) is 4.64. The van der Waals surface area contributed by atoms with Crippen molar-refractivity contribution in [1.29, 1.82) is 0 Å². The van der Waals surface area contributed by atoms with Crippen LogP contribution in [0.15, 0.2) is 42.5 Å². The lowest BCUT2D eigenvalue weighted by Gasteiger charge is -2.35. The highest BCUT2D eigenvalue weighted by Crippen LogP contribution is 2.17. The average molecular weight is 484 g/mol. The zero-order chi connectivity index (χ0) is 19.4. The van der Waals surface area contributed by atoms with Gasteiger partial charge in [0.2, 0.25) is 5.91 Å². The van der Waals surface area contributed by atoms with Gasteiger partial charge in [-0.05, 0) is 64.9 Å². The molecule has 7 heteroatoms. The Morgan fingerprint density at radius 1 is 0.963 bits per heavy atom. The van der Waals surface area contributed by atoms with Crippen molar-refractivity contribution in [2.24, 2.45) is 0 Å². The molecular formula is C20H19F2IN2O2. The standard InChI is InChI=1S/C20H19F2IN2O2/c21-15-6-7-17(22)14(13-15)5-8-19(26)24-9-11-25(12-10-24)20(27)16-3-1-2-4-18(16)23/h1-4,6-7,13H,5,8-12H2. The summed E-state index contributed by atoms with van der Waals surface area (Å²) >= 11 is 2.14. The number of nitrogens with zero attached hydrogens (tertiary/aromatic N) is 2. The maximum absolute atomic E-state index is 13.7. The van der Waals surface area contributed by atoms with E-state index < -0.39 is 11.6 Å². The highest BCUT2D eigenvalue weighted by atomic mass is 127. The molecule has 2 amide bonds. The fraction of sp³-hybridized carbons (Fsp3) is 0.300.